The Morgan fingerprint density at radius 3 is 2.54 bits per heavy atom. The minimum absolute atomic E-state index is 0.150. The summed E-state index contributed by atoms with van der Waals surface area (Å²) in [5.41, 5.74) is 1.17. The highest BCUT2D eigenvalue weighted by Crippen LogP contribution is 2.19. The number of carbonyl (C=O) groups excluding carboxylic acids is 2. The van der Waals surface area contributed by atoms with Gasteiger partial charge < -0.3 is 19.9 Å². The molecule has 1 fully saturated rings. The Hall–Kier alpha value is -3.23. The number of halogens is 2. The Morgan fingerprint density at radius 1 is 1.11 bits per heavy atom. The van der Waals surface area contributed by atoms with Crippen molar-refractivity contribution < 1.29 is 23.1 Å². The summed E-state index contributed by atoms with van der Waals surface area (Å²) in [5.74, 6) is -2.50. The molecule has 148 valence electrons. The first-order valence-corrected chi connectivity index (χ1v) is 8.86. The molecule has 0 aliphatic carbocycles. The number of benzene rings is 1. The van der Waals surface area contributed by atoms with Gasteiger partial charge in [-0.3, -0.25) is 9.78 Å². The number of hydrogen-bond acceptors (Lipinski definition) is 5. The number of hydrogen-bond donors (Lipinski definition) is 1. The van der Waals surface area contributed by atoms with Crippen molar-refractivity contribution in [3.63, 3.8) is 0 Å². The second-order valence-electron chi connectivity index (χ2n) is 6.19. The predicted octanol–water partition coefficient (Wildman–Crippen LogP) is 2.89. The molecule has 1 aliphatic heterocycles. The zero-order valence-corrected chi connectivity index (χ0v) is 15.3. The normalized spacial score (nSPS) is 14.0. The highest BCUT2D eigenvalue weighted by atomic mass is 19.2. The van der Waals surface area contributed by atoms with Crippen molar-refractivity contribution in [2.75, 3.05) is 43.0 Å². The number of aromatic nitrogens is 1. The second kappa shape index (κ2) is 8.64. The largest absolute Gasteiger partial charge is 0.450 e. The van der Waals surface area contributed by atoms with Crippen LogP contribution in [0.3, 0.4) is 0 Å². The smallest absolute Gasteiger partial charge is 0.409 e. The fraction of sp³-hybridized carbons (Fsp3) is 0.316. The molecule has 0 saturated carbocycles. The SMILES string of the molecule is CCOC(=O)N1CCN(c2cncc(C(=O)Nc3ccc(F)c(F)c3)c2)CC1. The van der Waals surface area contributed by atoms with Crippen LogP contribution in [0.5, 0.6) is 0 Å². The molecule has 0 atom stereocenters. The molecule has 3 rings (SSSR count). The molecular weight excluding hydrogens is 370 g/mol. The van der Waals surface area contributed by atoms with Crippen molar-refractivity contribution in [1.82, 2.24) is 9.88 Å². The standard InChI is InChI=1S/C19H20F2N4O3/c1-2-28-19(27)25-7-5-24(6-8-25)15-9-13(11-22-12-15)18(26)23-14-3-4-16(20)17(21)10-14/h3-4,9-12H,2,5-8H2,1H3,(H,23,26). The number of piperazine rings is 1. The van der Waals surface area contributed by atoms with E-state index in [0.29, 0.717) is 32.8 Å². The third-order valence-corrected chi connectivity index (χ3v) is 4.33. The molecule has 0 unspecified atom stereocenters. The zero-order valence-electron chi connectivity index (χ0n) is 15.3. The van der Waals surface area contributed by atoms with Crippen LogP contribution in [0.15, 0.2) is 36.7 Å². The van der Waals surface area contributed by atoms with Crippen molar-refractivity contribution in [2.45, 2.75) is 6.92 Å². The maximum Gasteiger partial charge on any atom is 0.409 e. The Morgan fingerprint density at radius 2 is 1.86 bits per heavy atom. The summed E-state index contributed by atoms with van der Waals surface area (Å²) in [7, 11) is 0. The zero-order chi connectivity index (χ0) is 20.1. The fourth-order valence-electron chi connectivity index (χ4n) is 2.86. The lowest BCUT2D eigenvalue weighted by Crippen LogP contribution is -2.49. The van der Waals surface area contributed by atoms with Crippen LogP contribution < -0.4 is 10.2 Å². The second-order valence-corrected chi connectivity index (χ2v) is 6.19. The minimum atomic E-state index is -1.04. The number of anilines is 2. The average molecular weight is 390 g/mol. The third kappa shape index (κ3) is 4.54. The van der Waals surface area contributed by atoms with Gasteiger partial charge >= 0.3 is 6.09 Å². The summed E-state index contributed by atoms with van der Waals surface area (Å²) in [5, 5.41) is 2.52. The van der Waals surface area contributed by atoms with E-state index in [9.17, 15) is 18.4 Å². The number of amides is 2. The Bertz CT molecular complexity index is 870. The quantitative estimate of drug-likeness (QED) is 0.869. The molecule has 2 heterocycles. The van der Waals surface area contributed by atoms with E-state index in [-0.39, 0.29) is 17.3 Å². The van der Waals surface area contributed by atoms with Gasteiger partial charge in [-0.05, 0) is 25.1 Å². The summed E-state index contributed by atoms with van der Waals surface area (Å²) in [4.78, 5) is 31.9. The molecule has 9 heteroatoms. The van der Waals surface area contributed by atoms with Crippen molar-refractivity contribution in [2.24, 2.45) is 0 Å². The summed E-state index contributed by atoms with van der Waals surface area (Å²) < 4.78 is 31.3. The van der Waals surface area contributed by atoms with Gasteiger partial charge in [0.2, 0.25) is 0 Å². The van der Waals surface area contributed by atoms with Crippen LogP contribution in [-0.2, 0) is 4.74 Å². The fourth-order valence-corrected chi connectivity index (χ4v) is 2.86. The van der Waals surface area contributed by atoms with Crippen LogP contribution in [0, 0.1) is 11.6 Å². The molecule has 1 N–H and O–H groups in total. The molecule has 0 spiro atoms. The van der Waals surface area contributed by atoms with Crippen molar-refractivity contribution in [1.29, 1.82) is 0 Å². The molecule has 28 heavy (non-hydrogen) atoms. The molecule has 2 aromatic rings. The maximum absolute atomic E-state index is 13.3. The van der Waals surface area contributed by atoms with Crippen LogP contribution in [0.25, 0.3) is 0 Å². The first kappa shape index (κ1) is 19.5. The van der Waals surface area contributed by atoms with Gasteiger partial charge in [-0.2, -0.15) is 0 Å². The van der Waals surface area contributed by atoms with Gasteiger partial charge in [0, 0.05) is 44.1 Å². The third-order valence-electron chi connectivity index (χ3n) is 4.33. The minimum Gasteiger partial charge on any atom is -0.450 e. The van der Waals surface area contributed by atoms with Gasteiger partial charge in [-0.25, -0.2) is 13.6 Å². The lowest BCUT2D eigenvalue weighted by Gasteiger charge is -2.35. The first-order valence-electron chi connectivity index (χ1n) is 8.86. The molecule has 0 bridgehead atoms. The number of rotatable bonds is 4. The van der Waals surface area contributed by atoms with Crippen LogP contribution in [0.2, 0.25) is 0 Å². The van der Waals surface area contributed by atoms with Crippen LogP contribution >= 0.6 is 0 Å². The number of ether oxygens (including phenoxy) is 1. The van der Waals surface area contributed by atoms with Crippen LogP contribution in [0.4, 0.5) is 25.0 Å². The van der Waals surface area contributed by atoms with Gasteiger partial charge in [-0.1, -0.05) is 0 Å². The van der Waals surface area contributed by atoms with E-state index >= 15 is 0 Å². The van der Waals surface area contributed by atoms with E-state index in [4.69, 9.17) is 4.74 Å². The van der Waals surface area contributed by atoms with E-state index in [0.717, 1.165) is 17.8 Å². The summed E-state index contributed by atoms with van der Waals surface area (Å²) in [6.45, 7) is 4.26. The number of nitrogens with zero attached hydrogens (tertiary/aromatic N) is 3. The van der Waals surface area contributed by atoms with E-state index < -0.39 is 17.5 Å². The molecule has 7 nitrogen and oxygen atoms in total. The molecule has 0 radical (unpaired) electrons. The van der Waals surface area contributed by atoms with Crippen molar-refractivity contribution in [3.8, 4) is 0 Å². The van der Waals surface area contributed by atoms with Gasteiger partial charge in [0.1, 0.15) is 0 Å². The topological polar surface area (TPSA) is 74.8 Å². The van der Waals surface area contributed by atoms with Gasteiger partial charge in [-0.15, -0.1) is 0 Å². The van der Waals surface area contributed by atoms with Gasteiger partial charge in [0.05, 0.1) is 24.1 Å². The van der Waals surface area contributed by atoms with E-state index in [1.807, 2.05) is 4.90 Å². The van der Waals surface area contributed by atoms with E-state index in [1.165, 1.54) is 12.3 Å². The first-order chi connectivity index (χ1) is 13.5. The number of pyridine rings is 1. The highest BCUT2D eigenvalue weighted by molar-refractivity contribution is 6.04. The Labute approximate surface area is 160 Å². The highest BCUT2D eigenvalue weighted by Gasteiger charge is 2.22. The molecular formula is C19H20F2N4O3. The molecule has 1 aliphatic rings. The lowest BCUT2D eigenvalue weighted by atomic mass is 10.2. The maximum atomic E-state index is 13.3. The molecule has 2 amide bonds. The predicted molar refractivity (Wildman–Crippen MR) is 99.4 cm³/mol. The Kier molecular flexibility index (Phi) is 6.03. The van der Waals surface area contributed by atoms with Crippen molar-refractivity contribution >= 4 is 23.4 Å². The summed E-state index contributed by atoms with van der Waals surface area (Å²) in [6.07, 6.45) is 2.70. The van der Waals surface area contributed by atoms with Gasteiger partial charge in [0.15, 0.2) is 11.6 Å². The molecule has 1 saturated heterocycles. The van der Waals surface area contributed by atoms with Crippen molar-refractivity contribution in [3.05, 3.63) is 53.9 Å². The lowest BCUT2D eigenvalue weighted by molar-refractivity contribution is 0.102. The Balaban J connectivity index is 1.64. The van der Waals surface area contributed by atoms with Gasteiger partial charge in [0.25, 0.3) is 5.91 Å². The summed E-state index contributed by atoms with van der Waals surface area (Å²) >= 11 is 0. The van der Waals surface area contributed by atoms with Crippen LogP contribution in [0.1, 0.15) is 17.3 Å². The number of nitrogens with one attached hydrogen (secondary N) is 1. The summed E-state index contributed by atoms with van der Waals surface area (Å²) in [6, 6.07) is 4.81. The average Bonchev–Trinajstić information content (AvgIpc) is 2.71. The molecule has 1 aromatic carbocycles. The monoisotopic (exact) mass is 390 g/mol. The number of carbonyl (C=O) groups is 2. The van der Waals surface area contributed by atoms with Crippen LogP contribution in [-0.4, -0.2) is 54.7 Å². The van der Waals surface area contributed by atoms with E-state index in [2.05, 4.69) is 10.3 Å². The van der Waals surface area contributed by atoms with E-state index in [1.54, 1.807) is 24.1 Å². The molecule has 1 aromatic heterocycles.